The number of amides is 1. The van der Waals surface area contributed by atoms with Gasteiger partial charge in [0.1, 0.15) is 6.04 Å². The third kappa shape index (κ3) is 2.49. The Morgan fingerprint density at radius 3 is 2.90 bits per heavy atom. The number of nitrogens with one attached hydrogen (secondary N) is 2. The number of anilines is 2. The fraction of sp³-hybridized carbons (Fsp3) is 0.133. The van der Waals surface area contributed by atoms with E-state index < -0.39 is 6.04 Å². The molecule has 1 aliphatic heterocycles. The molecule has 0 saturated heterocycles. The van der Waals surface area contributed by atoms with Crippen molar-refractivity contribution in [3.63, 3.8) is 0 Å². The molecule has 20 heavy (non-hydrogen) atoms. The van der Waals surface area contributed by atoms with Crippen molar-refractivity contribution in [2.24, 2.45) is 0 Å². The Morgan fingerprint density at radius 1 is 1.25 bits per heavy atom. The van der Waals surface area contributed by atoms with E-state index in [9.17, 15) is 4.79 Å². The van der Waals surface area contributed by atoms with Gasteiger partial charge in [-0.3, -0.25) is 4.79 Å². The van der Waals surface area contributed by atoms with Gasteiger partial charge in [0.05, 0.1) is 0 Å². The van der Waals surface area contributed by atoms with Crippen LogP contribution in [-0.2, 0) is 4.79 Å². The van der Waals surface area contributed by atoms with Gasteiger partial charge in [-0.1, -0.05) is 17.7 Å². The third-order valence-electron chi connectivity index (χ3n) is 3.23. The van der Waals surface area contributed by atoms with Crippen LogP contribution in [0.15, 0.2) is 47.4 Å². The van der Waals surface area contributed by atoms with Gasteiger partial charge in [-0.05, 0) is 42.7 Å². The highest BCUT2D eigenvalue weighted by atomic mass is 35.5. The topological polar surface area (TPSA) is 41.1 Å². The molecule has 0 radical (unpaired) electrons. The van der Waals surface area contributed by atoms with Crippen LogP contribution in [0.3, 0.4) is 0 Å². The minimum Gasteiger partial charge on any atom is -0.370 e. The summed E-state index contributed by atoms with van der Waals surface area (Å²) in [6.45, 7) is 0. The molecule has 1 atom stereocenters. The molecule has 1 amide bonds. The van der Waals surface area contributed by atoms with Crippen LogP contribution in [0.1, 0.15) is 11.6 Å². The number of thioether (sulfide) groups is 1. The molecule has 0 spiro atoms. The number of carbonyl (C=O) groups excluding carboxylic acids is 1. The first kappa shape index (κ1) is 13.3. The van der Waals surface area contributed by atoms with E-state index in [0.29, 0.717) is 5.02 Å². The molecule has 102 valence electrons. The van der Waals surface area contributed by atoms with Crippen molar-refractivity contribution in [3.05, 3.63) is 53.1 Å². The molecule has 3 nitrogen and oxygen atoms in total. The fourth-order valence-electron chi connectivity index (χ4n) is 2.26. The lowest BCUT2D eigenvalue weighted by atomic mass is 10.1. The predicted octanol–water partition coefficient (Wildman–Crippen LogP) is 4.17. The highest BCUT2D eigenvalue weighted by Crippen LogP contribution is 2.35. The van der Waals surface area contributed by atoms with Crippen LogP contribution in [0.25, 0.3) is 0 Å². The van der Waals surface area contributed by atoms with Crippen molar-refractivity contribution >= 4 is 40.6 Å². The van der Waals surface area contributed by atoms with Gasteiger partial charge in [0.15, 0.2) is 0 Å². The fourth-order valence-corrected chi connectivity index (χ4v) is 2.90. The second-order valence-electron chi connectivity index (χ2n) is 4.53. The first-order valence-electron chi connectivity index (χ1n) is 6.18. The van der Waals surface area contributed by atoms with E-state index in [1.807, 2.05) is 42.7 Å². The number of hydrogen-bond donors (Lipinski definition) is 2. The Kier molecular flexibility index (Phi) is 3.59. The molecular formula is C15H13ClN2OS. The predicted molar refractivity (Wildman–Crippen MR) is 84.7 cm³/mol. The summed E-state index contributed by atoms with van der Waals surface area (Å²) < 4.78 is 0. The summed E-state index contributed by atoms with van der Waals surface area (Å²) in [4.78, 5) is 13.2. The highest BCUT2D eigenvalue weighted by molar-refractivity contribution is 7.98. The van der Waals surface area contributed by atoms with Gasteiger partial charge in [-0.25, -0.2) is 0 Å². The lowest BCUT2D eigenvalue weighted by Gasteiger charge is -2.13. The van der Waals surface area contributed by atoms with Crippen LogP contribution in [0.5, 0.6) is 0 Å². The summed E-state index contributed by atoms with van der Waals surface area (Å²) >= 11 is 7.68. The van der Waals surface area contributed by atoms with Crippen molar-refractivity contribution in [1.82, 2.24) is 0 Å². The van der Waals surface area contributed by atoms with Crippen molar-refractivity contribution < 1.29 is 4.79 Å². The van der Waals surface area contributed by atoms with E-state index in [-0.39, 0.29) is 5.91 Å². The number of rotatable bonds is 3. The van der Waals surface area contributed by atoms with Crippen LogP contribution < -0.4 is 10.6 Å². The summed E-state index contributed by atoms with van der Waals surface area (Å²) in [6.07, 6.45) is 2.02. The summed E-state index contributed by atoms with van der Waals surface area (Å²) in [5, 5.41) is 6.75. The first-order chi connectivity index (χ1) is 9.67. The lowest BCUT2D eigenvalue weighted by molar-refractivity contribution is -0.116. The Labute approximate surface area is 126 Å². The van der Waals surface area contributed by atoms with E-state index in [4.69, 9.17) is 11.6 Å². The normalized spacial score (nSPS) is 16.7. The van der Waals surface area contributed by atoms with Crippen LogP contribution in [0.4, 0.5) is 11.4 Å². The van der Waals surface area contributed by atoms with Gasteiger partial charge < -0.3 is 10.6 Å². The number of halogens is 1. The van der Waals surface area contributed by atoms with Crippen molar-refractivity contribution in [2.75, 3.05) is 16.9 Å². The molecule has 5 heteroatoms. The number of carbonyl (C=O) groups is 1. The van der Waals surface area contributed by atoms with Crippen molar-refractivity contribution in [1.29, 1.82) is 0 Å². The molecule has 3 rings (SSSR count). The quantitative estimate of drug-likeness (QED) is 0.836. The van der Waals surface area contributed by atoms with Crippen molar-refractivity contribution in [3.8, 4) is 0 Å². The molecule has 2 aromatic rings. The first-order valence-corrected chi connectivity index (χ1v) is 7.78. The smallest absolute Gasteiger partial charge is 0.251 e. The standard InChI is InChI=1S/C15H13ClN2OS/c1-20-11-4-2-3-10(8-11)17-14-12-7-9(16)5-6-13(12)18-15(14)19/h2-8,14,17H,1H3,(H,18,19). The largest absolute Gasteiger partial charge is 0.370 e. The molecule has 0 aromatic heterocycles. The molecular weight excluding hydrogens is 292 g/mol. The maximum atomic E-state index is 12.1. The van der Waals surface area contributed by atoms with E-state index in [0.717, 1.165) is 21.8 Å². The van der Waals surface area contributed by atoms with Crippen LogP contribution >= 0.6 is 23.4 Å². The van der Waals surface area contributed by atoms with E-state index in [1.165, 1.54) is 0 Å². The number of benzene rings is 2. The maximum Gasteiger partial charge on any atom is 0.251 e. The molecule has 2 aromatic carbocycles. The zero-order valence-corrected chi connectivity index (χ0v) is 12.4. The van der Waals surface area contributed by atoms with Crippen LogP contribution in [0, 0.1) is 0 Å². The van der Waals surface area contributed by atoms with Gasteiger partial charge in [0.2, 0.25) is 0 Å². The maximum absolute atomic E-state index is 12.1. The van der Waals surface area contributed by atoms with Crippen molar-refractivity contribution in [2.45, 2.75) is 10.9 Å². The molecule has 1 unspecified atom stereocenters. The lowest BCUT2D eigenvalue weighted by Crippen LogP contribution is -2.19. The minimum atomic E-state index is -0.402. The third-order valence-corrected chi connectivity index (χ3v) is 4.19. The summed E-state index contributed by atoms with van der Waals surface area (Å²) in [6, 6.07) is 13.0. The second-order valence-corrected chi connectivity index (χ2v) is 5.85. The van der Waals surface area contributed by atoms with Gasteiger partial charge in [0, 0.05) is 26.9 Å². The highest BCUT2D eigenvalue weighted by Gasteiger charge is 2.30. The van der Waals surface area contributed by atoms with E-state index in [2.05, 4.69) is 10.6 Å². The SMILES string of the molecule is CSc1cccc(NC2C(=O)Nc3ccc(Cl)cc32)c1. The Bertz CT molecular complexity index is 675. The van der Waals surface area contributed by atoms with Gasteiger partial charge in [0.25, 0.3) is 5.91 Å². The molecule has 0 bridgehead atoms. The Hall–Kier alpha value is -1.65. The summed E-state index contributed by atoms with van der Waals surface area (Å²) in [5.41, 5.74) is 2.62. The van der Waals surface area contributed by atoms with E-state index in [1.54, 1.807) is 17.8 Å². The summed E-state index contributed by atoms with van der Waals surface area (Å²) in [5.74, 6) is -0.0585. The van der Waals surface area contributed by atoms with Gasteiger partial charge in [-0.15, -0.1) is 11.8 Å². The van der Waals surface area contributed by atoms with Gasteiger partial charge in [-0.2, -0.15) is 0 Å². The monoisotopic (exact) mass is 304 g/mol. The number of hydrogen-bond acceptors (Lipinski definition) is 3. The molecule has 0 saturated carbocycles. The zero-order valence-electron chi connectivity index (χ0n) is 10.8. The van der Waals surface area contributed by atoms with Crippen LogP contribution in [-0.4, -0.2) is 12.2 Å². The van der Waals surface area contributed by atoms with Gasteiger partial charge >= 0.3 is 0 Å². The average molecular weight is 305 g/mol. The van der Waals surface area contributed by atoms with Crippen LogP contribution in [0.2, 0.25) is 5.02 Å². The Balaban J connectivity index is 1.91. The average Bonchev–Trinajstić information content (AvgIpc) is 2.75. The van der Waals surface area contributed by atoms with E-state index >= 15 is 0 Å². The minimum absolute atomic E-state index is 0.0585. The number of fused-ring (bicyclic) bond motifs is 1. The Morgan fingerprint density at radius 2 is 2.10 bits per heavy atom. The molecule has 0 fully saturated rings. The zero-order chi connectivity index (χ0) is 14.1. The molecule has 0 aliphatic carbocycles. The summed E-state index contributed by atoms with van der Waals surface area (Å²) in [7, 11) is 0. The molecule has 2 N–H and O–H groups in total. The molecule has 1 aliphatic rings. The molecule has 1 heterocycles. The second kappa shape index (κ2) is 5.38.